The van der Waals surface area contributed by atoms with E-state index < -0.39 is 11.2 Å². The van der Waals surface area contributed by atoms with E-state index in [1.54, 1.807) is 7.05 Å². The standard InChI is InChI=1S/C3H6N4OS/c1-5-3-2(4)6-9(8)7-3/h1H3,(H2,4,6)(H,5,7). The summed E-state index contributed by atoms with van der Waals surface area (Å²) in [6.45, 7) is 0. The Kier molecular flexibility index (Phi) is 1.48. The molecule has 0 aromatic heterocycles. The second-order valence-electron chi connectivity index (χ2n) is 1.40. The lowest BCUT2D eigenvalue weighted by Crippen LogP contribution is -2.31. The first kappa shape index (κ1) is 6.21. The van der Waals surface area contributed by atoms with Gasteiger partial charge in [0.15, 0.2) is 11.7 Å². The Morgan fingerprint density at radius 2 is 2.33 bits per heavy atom. The van der Waals surface area contributed by atoms with Crippen LogP contribution in [0.3, 0.4) is 0 Å². The highest BCUT2D eigenvalue weighted by Crippen LogP contribution is 1.95. The van der Waals surface area contributed by atoms with Crippen molar-refractivity contribution in [3.63, 3.8) is 0 Å². The fourth-order valence-corrected chi connectivity index (χ4v) is 1.08. The quantitative estimate of drug-likeness (QED) is 0.439. The molecule has 0 radical (unpaired) electrons. The van der Waals surface area contributed by atoms with E-state index in [-0.39, 0.29) is 5.84 Å². The molecule has 6 heteroatoms. The predicted molar refractivity (Wildman–Crippen MR) is 36.3 cm³/mol. The molecule has 0 bridgehead atoms. The molecule has 0 spiro atoms. The number of hydrogen-bond donors (Lipinski definition) is 2. The van der Waals surface area contributed by atoms with Gasteiger partial charge in [0.25, 0.3) is 11.2 Å². The zero-order valence-corrected chi connectivity index (χ0v) is 5.60. The van der Waals surface area contributed by atoms with E-state index >= 15 is 0 Å². The Labute approximate surface area is 54.8 Å². The first-order valence-corrected chi connectivity index (χ1v) is 3.33. The second-order valence-corrected chi connectivity index (χ2v) is 2.22. The summed E-state index contributed by atoms with van der Waals surface area (Å²) in [7, 11) is 1.64. The molecule has 0 amide bonds. The third-order valence-corrected chi connectivity index (χ3v) is 1.52. The molecule has 9 heavy (non-hydrogen) atoms. The number of nitrogens with zero attached hydrogens (tertiary/aromatic N) is 2. The fraction of sp³-hybridized carbons (Fsp3) is 0.333. The predicted octanol–water partition coefficient (Wildman–Crippen LogP) is -1.45. The number of rotatable bonds is 0. The van der Waals surface area contributed by atoms with Gasteiger partial charge in [0.05, 0.1) is 0 Å². The smallest absolute Gasteiger partial charge is 0.269 e. The van der Waals surface area contributed by atoms with E-state index in [2.05, 4.69) is 14.1 Å². The van der Waals surface area contributed by atoms with Crippen molar-refractivity contribution >= 4 is 22.8 Å². The van der Waals surface area contributed by atoms with E-state index in [9.17, 15) is 4.21 Å². The monoisotopic (exact) mass is 146 g/mol. The number of nitrogens with one attached hydrogen (secondary N) is 1. The lowest BCUT2D eigenvalue weighted by atomic mass is 10.5. The van der Waals surface area contributed by atoms with Gasteiger partial charge in [-0.2, -0.15) is 0 Å². The van der Waals surface area contributed by atoms with Gasteiger partial charge in [-0.25, -0.2) is 4.21 Å². The van der Waals surface area contributed by atoms with Crippen molar-refractivity contribution in [3.8, 4) is 0 Å². The topological polar surface area (TPSA) is 79.8 Å². The van der Waals surface area contributed by atoms with E-state index in [0.717, 1.165) is 0 Å². The van der Waals surface area contributed by atoms with Gasteiger partial charge in [-0.15, -0.1) is 8.80 Å². The summed E-state index contributed by atoms with van der Waals surface area (Å²) in [6.07, 6.45) is 0. The zero-order chi connectivity index (χ0) is 6.85. The maximum atomic E-state index is 10.4. The normalized spacial score (nSPS) is 25.2. The van der Waals surface area contributed by atoms with Gasteiger partial charge in [-0.05, 0) is 0 Å². The number of amidine groups is 2. The lowest BCUT2D eigenvalue weighted by Gasteiger charge is -1.92. The van der Waals surface area contributed by atoms with Gasteiger partial charge in [0.1, 0.15) is 0 Å². The van der Waals surface area contributed by atoms with Crippen LogP contribution in [0, 0.1) is 0 Å². The maximum absolute atomic E-state index is 10.4. The first-order valence-electron chi connectivity index (χ1n) is 2.27. The highest BCUT2D eigenvalue weighted by atomic mass is 32.2. The van der Waals surface area contributed by atoms with Gasteiger partial charge in [0, 0.05) is 7.05 Å². The summed E-state index contributed by atoms with van der Waals surface area (Å²) in [5.41, 5.74) is 5.24. The van der Waals surface area contributed by atoms with Gasteiger partial charge in [0.2, 0.25) is 0 Å². The maximum Gasteiger partial charge on any atom is 0.269 e. The Hall–Kier alpha value is -0.910. The average Bonchev–Trinajstić information content (AvgIpc) is 2.10. The van der Waals surface area contributed by atoms with Gasteiger partial charge in [-0.1, -0.05) is 0 Å². The van der Waals surface area contributed by atoms with Crippen LogP contribution in [0.1, 0.15) is 0 Å². The molecule has 0 aromatic rings. The van der Waals surface area contributed by atoms with Crippen molar-refractivity contribution < 1.29 is 4.21 Å². The van der Waals surface area contributed by atoms with Crippen molar-refractivity contribution in [2.45, 2.75) is 0 Å². The molecule has 1 atom stereocenters. The summed E-state index contributed by atoms with van der Waals surface area (Å²) in [6, 6.07) is 0. The summed E-state index contributed by atoms with van der Waals surface area (Å²) in [4.78, 5) is 0. The lowest BCUT2D eigenvalue weighted by molar-refractivity contribution is 0.686. The van der Waals surface area contributed by atoms with Crippen LogP contribution in [-0.4, -0.2) is 22.9 Å². The van der Waals surface area contributed by atoms with E-state index in [4.69, 9.17) is 5.73 Å². The SMILES string of the molecule is CNC1=NS(=O)N=C1N. The fourth-order valence-electron chi connectivity index (χ4n) is 0.446. The molecule has 1 aliphatic rings. The molecule has 0 aromatic carbocycles. The molecule has 5 nitrogen and oxygen atoms in total. The van der Waals surface area contributed by atoms with Crippen LogP contribution in [0.25, 0.3) is 0 Å². The molecular weight excluding hydrogens is 140 g/mol. The van der Waals surface area contributed by atoms with Crippen molar-refractivity contribution in [2.24, 2.45) is 14.5 Å². The molecule has 3 N–H and O–H groups in total. The minimum Gasteiger partial charge on any atom is -0.380 e. The molecule has 50 valence electrons. The van der Waals surface area contributed by atoms with Crippen molar-refractivity contribution in [2.75, 3.05) is 7.05 Å². The van der Waals surface area contributed by atoms with Crippen LogP contribution in [0.2, 0.25) is 0 Å². The third-order valence-electron chi connectivity index (χ3n) is 0.825. The molecule has 0 saturated heterocycles. The number of likely N-dealkylation sites (N-methyl/N-ethyl adjacent to an activating group) is 1. The Balaban J connectivity index is 2.87. The summed E-state index contributed by atoms with van der Waals surface area (Å²) in [5.74, 6) is 0.601. The van der Waals surface area contributed by atoms with Gasteiger partial charge in [-0.3, -0.25) is 0 Å². The first-order chi connectivity index (χ1) is 4.24. The van der Waals surface area contributed by atoms with Crippen molar-refractivity contribution in [1.29, 1.82) is 0 Å². The van der Waals surface area contributed by atoms with Gasteiger partial charge >= 0.3 is 0 Å². The molecular formula is C3H6N4OS. The van der Waals surface area contributed by atoms with E-state index in [1.165, 1.54) is 0 Å². The van der Waals surface area contributed by atoms with Crippen molar-refractivity contribution in [3.05, 3.63) is 0 Å². The van der Waals surface area contributed by atoms with E-state index in [0.29, 0.717) is 5.84 Å². The molecule has 0 saturated carbocycles. The minimum absolute atomic E-state index is 0.204. The third kappa shape index (κ3) is 1.07. The molecule has 1 rings (SSSR count). The molecule has 1 unspecified atom stereocenters. The molecule has 0 fully saturated rings. The Morgan fingerprint density at radius 1 is 1.67 bits per heavy atom. The Morgan fingerprint density at radius 3 is 2.56 bits per heavy atom. The summed E-state index contributed by atoms with van der Waals surface area (Å²) >= 11 is -1.49. The average molecular weight is 146 g/mol. The highest BCUT2D eigenvalue weighted by molar-refractivity contribution is 7.83. The van der Waals surface area contributed by atoms with Crippen LogP contribution < -0.4 is 11.1 Å². The minimum atomic E-state index is -1.49. The number of nitrogens with two attached hydrogens (primary N) is 1. The molecule has 1 heterocycles. The Bertz CT molecular complexity index is 208. The van der Waals surface area contributed by atoms with Crippen LogP contribution in [0.4, 0.5) is 0 Å². The zero-order valence-electron chi connectivity index (χ0n) is 4.79. The molecule has 0 aliphatic carbocycles. The summed E-state index contributed by atoms with van der Waals surface area (Å²) < 4.78 is 17.4. The van der Waals surface area contributed by atoms with Gasteiger partial charge < -0.3 is 11.1 Å². The van der Waals surface area contributed by atoms with Crippen LogP contribution in [0.15, 0.2) is 8.80 Å². The largest absolute Gasteiger partial charge is 0.380 e. The van der Waals surface area contributed by atoms with Crippen LogP contribution >= 0.6 is 0 Å². The van der Waals surface area contributed by atoms with E-state index in [1.807, 2.05) is 0 Å². The number of hydrogen-bond acceptors (Lipinski definition) is 3. The second kappa shape index (κ2) is 2.14. The summed E-state index contributed by atoms with van der Waals surface area (Å²) in [5, 5.41) is 2.65. The molecule has 1 aliphatic heterocycles. The highest BCUT2D eigenvalue weighted by Gasteiger charge is 2.12. The van der Waals surface area contributed by atoms with Crippen LogP contribution in [-0.2, 0) is 11.2 Å². The van der Waals surface area contributed by atoms with Crippen LogP contribution in [0.5, 0.6) is 0 Å². The van der Waals surface area contributed by atoms with Crippen molar-refractivity contribution in [1.82, 2.24) is 5.32 Å².